The number of hydrogen-bond donors (Lipinski definition) is 0. The van der Waals surface area contributed by atoms with Gasteiger partial charge in [-0.15, -0.1) is 0 Å². The molecule has 0 aliphatic heterocycles. The molecule has 11 aromatic rings. The van der Waals surface area contributed by atoms with E-state index in [1.54, 1.807) is 65.2 Å². The quantitative estimate of drug-likeness (QED) is 0.162. The number of nitriles is 4. The molecule has 0 spiro atoms. The number of nitrogens with zero attached hydrogens (tertiary/aromatic N) is 9. The lowest BCUT2D eigenvalue weighted by molar-refractivity contribution is -0.137. The minimum Gasteiger partial charge on any atom is -0.309 e. The minimum atomic E-state index is -4.73. The molecule has 0 saturated carbocycles. The highest BCUT2D eigenvalue weighted by Gasteiger charge is 2.32. The van der Waals surface area contributed by atoms with Crippen molar-refractivity contribution in [2.45, 2.75) is 6.18 Å². The van der Waals surface area contributed by atoms with Gasteiger partial charge in [0.15, 0.2) is 17.5 Å². The van der Waals surface area contributed by atoms with Crippen LogP contribution in [-0.2, 0) is 6.18 Å². The maximum Gasteiger partial charge on any atom is 0.416 e. The van der Waals surface area contributed by atoms with E-state index in [1.165, 1.54) is 6.07 Å². The molecule has 68 heavy (non-hydrogen) atoms. The first-order valence-electron chi connectivity index (χ1n) is 21.1. The highest BCUT2D eigenvalue weighted by Crippen LogP contribution is 2.44. The van der Waals surface area contributed by atoms with E-state index in [0.717, 1.165) is 23.3 Å². The zero-order valence-corrected chi connectivity index (χ0v) is 35.3. The van der Waals surface area contributed by atoms with E-state index in [4.69, 9.17) is 15.0 Å². The number of hydrogen-bond acceptors (Lipinski definition) is 7. The summed E-state index contributed by atoms with van der Waals surface area (Å²) in [5, 5.41) is 42.4. The second-order valence-corrected chi connectivity index (χ2v) is 16.0. The number of rotatable bonds is 6. The van der Waals surface area contributed by atoms with Crippen LogP contribution in [0.5, 0.6) is 0 Å². The van der Waals surface area contributed by atoms with Crippen LogP contribution in [0.2, 0.25) is 0 Å². The van der Waals surface area contributed by atoms with Crippen LogP contribution in [-0.4, -0.2) is 24.1 Å². The average Bonchev–Trinajstić information content (AvgIpc) is 3.89. The molecule has 0 bridgehead atoms. The summed E-state index contributed by atoms with van der Waals surface area (Å²) in [6, 6.07) is 57.6. The predicted octanol–water partition coefficient (Wildman–Crippen LogP) is 13.2. The first kappa shape index (κ1) is 40.9. The fraction of sp³-hybridized carbons (Fsp3) is 0.0179. The minimum absolute atomic E-state index is 0.181. The second-order valence-electron chi connectivity index (χ2n) is 16.0. The molecule has 0 N–H and O–H groups in total. The Hall–Kier alpha value is -9.88. The number of benzene rings is 8. The summed E-state index contributed by atoms with van der Waals surface area (Å²) in [5.74, 6) is 1.20. The Morgan fingerprint density at radius 3 is 1.09 bits per heavy atom. The molecule has 9 nitrogen and oxygen atoms in total. The Kier molecular flexibility index (Phi) is 9.60. The van der Waals surface area contributed by atoms with Crippen molar-refractivity contribution in [2.75, 3.05) is 0 Å². The van der Waals surface area contributed by atoms with Crippen molar-refractivity contribution in [1.82, 2.24) is 24.1 Å². The van der Waals surface area contributed by atoms with Gasteiger partial charge in [0.1, 0.15) is 0 Å². The van der Waals surface area contributed by atoms with Crippen LogP contribution in [0.3, 0.4) is 0 Å². The fourth-order valence-electron chi connectivity index (χ4n) is 8.99. The third-order valence-electron chi connectivity index (χ3n) is 12.1. The van der Waals surface area contributed by atoms with Crippen LogP contribution >= 0.6 is 0 Å². The summed E-state index contributed by atoms with van der Waals surface area (Å²) in [5.41, 5.74) is 6.69. The Bertz CT molecular complexity index is 3870. The number of halogens is 3. The zero-order chi connectivity index (χ0) is 46.7. The summed E-state index contributed by atoms with van der Waals surface area (Å²) >= 11 is 0. The Morgan fingerprint density at radius 2 is 0.721 bits per heavy atom. The van der Waals surface area contributed by atoms with E-state index in [9.17, 15) is 34.2 Å². The summed E-state index contributed by atoms with van der Waals surface area (Å²) in [7, 11) is 0. The van der Waals surface area contributed by atoms with E-state index in [2.05, 4.69) is 24.3 Å². The predicted molar refractivity (Wildman–Crippen MR) is 254 cm³/mol. The van der Waals surface area contributed by atoms with Crippen LogP contribution in [0.25, 0.3) is 100 Å². The fourth-order valence-corrected chi connectivity index (χ4v) is 8.99. The molecule has 0 fully saturated rings. The Morgan fingerprint density at radius 1 is 0.368 bits per heavy atom. The topological polar surface area (TPSA) is 144 Å². The molecule has 0 amide bonds. The molecule has 0 atom stereocenters. The molecular formula is C56H28F3N9. The van der Waals surface area contributed by atoms with Gasteiger partial charge in [-0.25, -0.2) is 15.0 Å². The zero-order valence-electron chi connectivity index (χ0n) is 35.3. The second kappa shape index (κ2) is 16.0. The largest absolute Gasteiger partial charge is 0.416 e. The van der Waals surface area contributed by atoms with Gasteiger partial charge in [0.25, 0.3) is 0 Å². The third kappa shape index (κ3) is 6.82. The number of alkyl halides is 3. The smallest absolute Gasteiger partial charge is 0.309 e. The summed E-state index contributed by atoms with van der Waals surface area (Å²) in [6.45, 7) is 0. The highest BCUT2D eigenvalue weighted by atomic mass is 19.4. The SMILES string of the molecule is N#Cc1ccc2c(c1)c1cc(C#N)ccc1n2-c1cc(-c2nc(-c3ccccc3)nc(-c3ccccc3)n2)ccc1-c1ccc(C(F)(F)F)cc1-n1c2ccc(C#N)cc2c2cc(C#N)ccc21. The van der Waals surface area contributed by atoms with Gasteiger partial charge in [0, 0.05) is 49.4 Å². The van der Waals surface area contributed by atoms with Gasteiger partial charge in [0.05, 0.1) is 85.5 Å². The molecule has 318 valence electrons. The van der Waals surface area contributed by atoms with Gasteiger partial charge in [-0.3, -0.25) is 0 Å². The van der Waals surface area contributed by atoms with Gasteiger partial charge in [0.2, 0.25) is 0 Å². The monoisotopic (exact) mass is 883 g/mol. The van der Waals surface area contributed by atoms with Gasteiger partial charge in [-0.2, -0.15) is 34.2 Å². The summed E-state index contributed by atoms with van der Waals surface area (Å²) < 4.78 is 48.6. The lowest BCUT2D eigenvalue weighted by Gasteiger charge is -2.21. The molecule has 12 heteroatoms. The summed E-state index contributed by atoms with van der Waals surface area (Å²) in [6.07, 6.45) is -4.73. The Balaban J connectivity index is 1.26. The third-order valence-corrected chi connectivity index (χ3v) is 12.1. The van der Waals surface area contributed by atoms with Crippen molar-refractivity contribution < 1.29 is 13.2 Å². The number of fused-ring (bicyclic) bond motifs is 6. The lowest BCUT2D eigenvalue weighted by atomic mass is 9.97. The molecule has 0 aliphatic carbocycles. The summed E-state index contributed by atoms with van der Waals surface area (Å²) in [4.78, 5) is 14.9. The van der Waals surface area contributed by atoms with Gasteiger partial charge >= 0.3 is 6.18 Å². The van der Waals surface area contributed by atoms with Crippen LogP contribution in [0.4, 0.5) is 13.2 Å². The van der Waals surface area contributed by atoms with Gasteiger partial charge in [-0.05, 0) is 91.0 Å². The molecule has 0 radical (unpaired) electrons. The maximum atomic E-state index is 14.9. The van der Waals surface area contributed by atoms with Gasteiger partial charge in [-0.1, -0.05) is 78.9 Å². The Labute approximate surface area is 385 Å². The van der Waals surface area contributed by atoms with Gasteiger partial charge < -0.3 is 9.13 Å². The molecule has 11 rings (SSSR count). The van der Waals surface area contributed by atoms with E-state index in [-0.39, 0.29) is 5.69 Å². The number of aromatic nitrogens is 5. The molecule has 3 aromatic heterocycles. The molecule has 3 heterocycles. The van der Waals surface area contributed by atoms with Crippen molar-refractivity contribution >= 4 is 43.6 Å². The van der Waals surface area contributed by atoms with E-state index in [0.29, 0.717) is 106 Å². The van der Waals surface area contributed by atoms with Crippen molar-refractivity contribution in [3.05, 3.63) is 198 Å². The lowest BCUT2D eigenvalue weighted by Crippen LogP contribution is -2.08. The van der Waals surface area contributed by atoms with Crippen molar-refractivity contribution in [3.63, 3.8) is 0 Å². The normalized spacial score (nSPS) is 11.4. The molecular weight excluding hydrogens is 856 g/mol. The van der Waals surface area contributed by atoms with Crippen LogP contribution in [0, 0.1) is 45.3 Å². The van der Waals surface area contributed by atoms with Crippen molar-refractivity contribution in [1.29, 1.82) is 21.0 Å². The molecule has 0 aliphatic rings. The van der Waals surface area contributed by atoms with Crippen LogP contribution < -0.4 is 0 Å². The van der Waals surface area contributed by atoms with Crippen molar-refractivity contribution in [3.8, 4) is 80.9 Å². The van der Waals surface area contributed by atoms with E-state index >= 15 is 0 Å². The first-order chi connectivity index (χ1) is 33.1. The molecule has 0 unspecified atom stereocenters. The van der Waals surface area contributed by atoms with Crippen molar-refractivity contribution in [2.24, 2.45) is 0 Å². The van der Waals surface area contributed by atoms with Crippen LogP contribution in [0.15, 0.2) is 170 Å². The molecule has 8 aromatic carbocycles. The highest BCUT2D eigenvalue weighted by molar-refractivity contribution is 6.12. The first-order valence-corrected chi connectivity index (χ1v) is 21.1. The van der Waals surface area contributed by atoms with Crippen LogP contribution in [0.1, 0.15) is 27.8 Å². The molecule has 0 saturated heterocycles. The standard InChI is InChI=1S/C56H28F3N9/c57-56(58,59)40-16-18-42(52(28-40)68-49-21-13-35(31-62)25-45(49)46-26-36(32-63)14-22-50(46)68)41-17-15-39(55-65-53(37-7-3-1-4-8-37)64-54(66-55)38-9-5-2-6-10-38)27-51(41)67-47-19-11-33(29-60)23-43(47)44-24-34(30-61)12-20-48(44)67/h1-28H. The maximum absolute atomic E-state index is 14.9. The average molecular weight is 884 g/mol. The van der Waals surface area contributed by atoms with E-state index < -0.39 is 11.7 Å². The van der Waals surface area contributed by atoms with E-state index in [1.807, 2.05) is 95.6 Å².